The zero-order valence-corrected chi connectivity index (χ0v) is 18.9. The zero-order chi connectivity index (χ0) is 23.8. The highest BCUT2D eigenvalue weighted by Gasteiger charge is 2.45. The lowest BCUT2D eigenvalue weighted by molar-refractivity contribution is -0.152. The summed E-state index contributed by atoms with van der Waals surface area (Å²) in [5, 5.41) is 0. The van der Waals surface area contributed by atoms with Crippen LogP contribution in [0.15, 0.2) is 48.8 Å². The average molecular weight is 456 g/mol. The van der Waals surface area contributed by atoms with Crippen LogP contribution in [-0.4, -0.2) is 46.5 Å². The Bertz CT molecular complexity index is 1170. The van der Waals surface area contributed by atoms with E-state index in [9.17, 15) is 18.4 Å². The normalized spacial score (nSPS) is 16.7. The van der Waals surface area contributed by atoms with Crippen molar-refractivity contribution in [2.75, 3.05) is 20.2 Å². The van der Waals surface area contributed by atoms with Crippen molar-refractivity contribution in [3.8, 4) is 0 Å². The number of hydrogen-bond donors (Lipinski definition) is 0. The number of aromatic nitrogens is 2. The summed E-state index contributed by atoms with van der Waals surface area (Å²) in [6, 6.07) is 11.0. The molecule has 0 saturated carbocycles. The summed E-state index contributed by atoms with van der Waals surface area (Å²) in [5.74, 6) is -2.52. The molecule has 33 heavy (non-hydrogen) atoms. The summed E-state index contributed by atoms with van der Waals surface area (Å²) in [5.41, 5.74) is 0.732. The molecule has 8 heteroatoms. The van der Waals surface area contributed by atoms with Crippen LogP contribution in [0.1, 0.15) is 38.3 Å². The fourth-order valence-corrected chi connectivity index (χ4v) is 4.83. The van der Waals surface area contributed by atoms with E-state index in [1.165, 1.54) is 13.4 Å². The van der Waals surface area contributed by atoms with Crippen LogP contribution in [0, 0.1) is 17.6 Å². The number of likely N-dealkylation sites (tertiary alicyclic amines) is 1. The maximum Gasteiger partial charge on any atom is 0.316 e. The standard InChI is InChI=1S/C25H27F2N3O3/c1-16(2)22(30-15-28-20-13-18(26)19(27)14-21(20)30)23(31)29-11-9-25(10-12-29,24(32)33-3)17-7-5-4-6-8-17/h4-8,13-16,22H,9-12H2,1-3H3. The number of amides is 1. The van der Waals surface area contributed by atoms with E-state index >= 15 is 0 Å². The number of benzene rings is 2. The highest BCUT2D eigenvalue weighted by Crippen LogP contribution is 2.38. The van der Waals surface area contributed by atoms with Crippen molar-refractivity contribution in [2.24, 2.45) is 5.92 Å². The van der Waals surface area contributed by atoms with Crippen LogP contribution in [0.4, 0.5) is 8.78 Å². The van der Waals surface area contributed by atoms with Gasteiger partial charge in [-0.15, -0.1) is 0 Å². The quantitative estimate of drug-likeness (QED) is 0.540. The average Bonchev–Trinajstić information content (AvgIpc) is 3.21. The first-order chi connectivity index (χ1) is 15.8. The molecule has 1 amide bonds. The van der Waals surface area contributed by atoms with Crippen LogP contribution in [0.3, 0.4) is 0 Å². The molecule has 2 heterocycles. The molecule has 1 unspecified atom stereocenters. The minimum absolute atomic E-state index is 0.121. The monoisotopic (exact) mass is 455 g/mol. The van der Waals surface area contributed by atoms with Gasteiger partial charge in [0.15, 0.2) is 11.6 Å². The van der Waals surface area contributed by atoms with E-state index in [2.05, 4.69) is 4.98 Å². The van der Waals surface area contributed by atoms with Crippen molar-refractivity contribution in [1.29, 1.82) is 0 Å². The molecule has 174 valence electrons. The molecule has 1 fully saturated rings. The Morgan fingerprint density at radius 1 is 1.06 bits per heavy atom. The van der Waals surface area contributed by atoms with E-state index in [-0.39, 0.29) is 17.8 Å². The van der Waals surface area contributed by atoms with Gasteiger partial charge in [-0.05, 0) is 24.3 Å². The fraction of sp³-hybridized carbons (Fsp3) is 0.400. The van der Waals surface area contributed by atoms with Gasteiger partial charge >= 0.3 is 5.97 Å². The molecule has 1 aliphatic heterocycles. The molecule has 4 rings (SSSR count). The Morgan fingerprint density at radius 2 is 1.70 bits per heavy atom. The maximum absolute atomic E-state index is 13.9. The minimum atomic E-state index is -0.983. The van der Waals surface area contributed by atoms with E-state index < -0.39 is 23.1 Å². The SMILES string of the molecule is COC(=O)C1(c2ccccc2)CCN(C(=O)C(C(C)C)n2cnc3cc(F)c(F)cc32)CC1. The van der Waals surface area contributed by atoms with Gasteiger partial charge in [0.1, 0.15) is 6.04 Å². The third-order valence-electron chi connectivity index (χ3n) is 6.63. The molecule has 6 nitrogen and oxygen atoms in total. The third kappa shape index (κ3) is 3.98. The highest BCUT2D eigenvalue weighted by atomic mass is 19.2. The number of carbonyl (C=O) groups is 2. The Hall–Kier alpha value is -3.29. The van der Waals surface area contributed by atoms with E-state index in [1.54, 1.807) is 9.47 Å². The van der Waals surface area contributed by atoms with Crippen LogP contribution in [0.2, 0.25) is 0 Å². The summed E-state index contributed by atoms with van der Waals surface area (Å²) in [6.07, 6.45) is 2.33. The molecule has 1 atom stereocenters. The predicted molar refractivity (Wildman–Crippen MR) is 119 cm³/mol. The molecule has 0 aliphatic carbocycles. The second-order valence-electron chi connectivity index (χ2n) is 8.86. The van der Waals surface area contributed by atoms with Gasteiger partial charge in [-0.3, -0.25) is 9.59 Å². The second-order valence-corrected chi connectivity index (χ2v) is 8.86. The number of esters is 1. The molecule has 0 radical (unpaired) electrons. The van der Waals surface area contributed by atoms with Crippen molar-refractivity contribution in [1.82, 2.24) is 14.5 Å². The van der Waals surface area contributed by atoms with Crippen molar-refractivity contribution < 1.29 is 23.1 Å². The first-order valence-corrected chi connectivity index (χ1v) is 11.0. The van der Waals surface area contributed by atoms with Gasteiger partial charge < -0.3 is 14.2 Å². The molecule has 0 N–H and O–H groups in total. The number of fused-ring (bicyclic) bond motifs is 1. The number of methoxy groups -OCH3 is 1. The topological polar surface area (TPSA) is 64.4 Å². The number of carbonyl (C=O) groups excluding carboxylic acids is 2. The van der Waals surface area contributed by atoms with Gasteiger partial charge in [0.05, 0.1) is 29.9 Å². The molecule has 1 aliphatic rings. The van der Waals surface area contributed by atoms with E-state index in [1.807, 2.05) is 44.2 Å². The lowest BCUT2D eigenvalue weighted by Gasteiger charge is -2.41. The number of hydrogen-bond acceptors (Lipinski definition) is 4. The van der Waals surface area contributed by atoms with E-state index in [4.69, 9.17) is 4.74 Å². The molecular weight excluding hydrogens is 428 g/mol. The van der Waals surface area contributed by atoms with Crippen molar-refractivity contribution in [2.45, 2.75) is 38.1 Å². The Morgan fingerprint density at radius 3 is 2.30 bits per heavy atom. The van der Waals surface area contributed by atoms with Gasteiger partial charge in [-0.2, -0.15) is 0 Å². The number of imidazole rings is 1. The largest absolute Gasteiger partial charge is 0.468 e. The molecule has 0 bridgehead atoms. The highest BCUT2D eigenvalue weighted by molar-refractivity contribution is 5.86. The molecule has 2 aromatic carbocycles. The van der Waals surface area contributed by atoms with Crippen LogP contribution < -0.4 is 0 Å². The van der Waals surface area contributed by atoms with E-state index in [0.29, 0.717) is 37.0 Å². The molecule has 0 spiro atoms. The Balaban J connectivity index is 1.62. The summed E-state index contributed by atoms with van der Waals surface area (Å²) in [7, 11) is 1.38. The summed E-state index contributed by atoms with van der Waals surface area (Å²) < 4.78 is 34.3. The van der Waals surface area contributed by atoms with Gasteiger partial charge in [0, 0.05) is 25.2 Å². The first-order valence-electron chi connectivity index (χ1n) is 11.0. The second kappa shape index (κ2) is 8.92. The van der Waals surface area contributed by atoms with Gasteiger partial charge in [0.25, 0.3) is 0 Å². The van der Waals surface area contributed by atoms with Gasteiger partial charge in [-0.25, -0.2) is 13.8 Å². The van der Waals surface area contributed by atoms with Crippen LogP contribution in [0.5, 0.6) is 0 Å². The lowest BCUT2D eigenvalue weighted by atomic mass is 9.72. The van der Waals surface area contributed by atoms with Crippen LogP contribution in [-0.2, 0) is 19.7 Å². The third-order valence-corrected chi connectivity index (χ3v) is 6.63. The predicted octanol–water partition coefficient (Wildman–Crippen LogP) is 4.25. The fourth-order valence-electron chi connectivity index (χ4n) is 4.83. The number of nitrogens with zero attached hydrogens (tertiary/aromatic N) is 3. The zero-order valence-electron chi connectivity index (χ0n) is 18.9. The van der Waals surface area contributed by atoms with E-state index in [0.717, 1.165) is 17.7 Å². The minimum Gasteiger partial charge on any atom is -0.468 e. The van der Waals surface area contributed by atoms with Crippen molar-refractivity contribution >= 4 is 22.9 Å². The summed E-state index contributed by atoms with van der Waals surface area (Å²) in [4.78, 5) is 32.3. The molecule has 1 saturated heterocycles. The van der Waals surface area contributed by atoms with Gasteiger partial charge in [0.2, 0.25) is 5.91 Å². The number of piperidine rings is 1. The van der Waals surface area contributed by atoms with Crippen LogP contribution >= 0.6 is 0 Å². The summed E-state index contributed by atoms with van der Waals surface area (Å²) in [6.45, 7) is 4.56. The van der Waals surface area contributed by atoms with Crippen molar-refractivity contribution in [3.63, 3.8) is 0 Å². The molecule has 1 aromatic heterocycles. The number of halogens is 2. The van der Waals surface area contributed by atoms with Crippen molar-refractivity contribution in [3.05, 3.63) is 66.0 Å². The van der Waals surface area contributed by atoms with Gasteiger partial charge in [-0.1, -0.05) is 44.2 Å². The number of rotatable bonds is 5. The Labute approximate surface area is 191 Å². The Kier molecular flexibility index (Phi) is 6.19. The first kappa shape index (κ1) is 22.9. The lowest BCUT2D eigenvalue weighted by Crippen LogP contribution is -2.51. The molecular formula is C25H27F2N3O3. The summed E-state index contributed by atoms with van der Waals surface area (Å²) >= 11 is 0. The molecule has 3 aromatic rings. The maximum atomic E-state index is 13.9. The number of ether oxygens (including phenoxy) is 1. The smallest absolute Gasteiger partial charge is 0.316 e. The van der Waals surface area contributed by atoms with Crippen LogP contribution in [0.25, 0.3) is 11.0 Å².